The summed E-state index contributed by atoms with van der Waals surface area (Å²) < 4.78 is 0. The van der Waals surface area contributed by atoms with Crippen LogP contribution in [0.5, 0.6) is 0 Å². The standard InChI is InChI=1S/C16H20N2O3/c1-8-11(16(20)21)3-2-4-12(8)18-15(19)13-9-5-6-10(7-9)14(13)17/h2-4,9-10,13-14H,5-7,17H2,1H3,(H,18,19)(H,20,21). The van der Waals surface area contributed by atoms with Gasteiger partial charge in [-0.05, 0) is 55.7 Å². The first-order chi connectivity index (χ1) is 9.99. The Bertz CT molecular complexity index is 597. The van der Waals surface area contributed by atoms with Crippen molar-refractivity contribution in [3.8, 4) is 0 Å². The summed E-state index contributed by atoms with van der Waals surface area (Å²) >= 11 is 0. The van der Waals surface area contributed by atoms with Gasteiger partial charge in [-0.1, -0.05) is 6.07 Å². The van der Waals surface area contributed by atoms with E-state index in [9.17, 15) is 9.59 Å². The molecule has 2 aliphatic rings. The van der Waals surface area contributed by atoms with Gasteiger partial charge in [0, 0.05) is 11.7 Å². The first kappa shape index (κ1) is 14.1. The van der Waals surface area contributed by atoms with Crippen molar-refractivity contribution in [2.75, 3.05) is 5.32 Å². The number of carbonyl (C=O) groups excluding carboxylic acids is 1. The molecule has 0 radical (unpaired) electrons. The molecule has 2 fully saturated rings. The molecule has 0 aliphatic heterocycles. The van der Waals surface area contributed by atoms with Crippen LogP contribution in [0.1, 0.15) is 35.2 Å². The van der Waals surface area contributed by atoms with Crippen molar-refractivity contribution in [2.24, 2.45) is 23.5 Å². The molecule has 1 amide bonds. The number of anilines is 1. The second-order valence-corrected chi connectivity index (χ2v) is 6.21. The number of nitrogens with two attached hydrogens (primary N) is 1. The van der Waals surface area contributed by atoms with Crippen molar-refractivity contribution in [2.45, 2.75) is 32.2 Å². The van der Waals surface area contributed by atoms with E-state index in [2.05, 4.69) is 5.32 Å². The topological polar surface area (TPSA) is 92.4 Å². The van der Waals surface area contributed by atoms with E-state index in [0.29, 0.717) is 23.1 Å². The van der Waals surface area contributed by atoms with Crippen molar-refractivity contribution >= 4 is 17.6 Å². The predicted molar refractivity (Wildman–Crippen MR) is 79.1 cm³/mol. The van der Waals surface area contributed by atoms with Crippen LogP contribution in [-0.4, -0.2) is 23.0 Å². The molecule has 3 rings (SSSR count). The van der Waals surface area contributed by atoms with Gasteiger partial charge < -0.3 is 16.2 Å². The fourth-order valence-electron chi connectivity index (χ4n) is 3.94. The van der Waals surface area contributed by atoms with E-state index in [0.717, 1.165) is 19.3 Å². The average molecular weight is 288 g/mol. The lowest BCUT2D eigenvalue weighted by Crippen LogP contribution is -2.42. The fraction of sp³-hybridized carbons (Fsp3) is 0.500. The summed E-state index contributed by atoms with van der Waals surface area (Å²) in [6.07, 6.45) is 3.25. The van der Waals surface area contributed by atoms with E-state index in [1.807, 2.05) is 0 Å². The van der Waals surface area contributed by atoms with Gasteiger partial charge in [-0.15, -0.1) is 0 Å². The molecular weight excluding hydrogens is 268 g/mol. The number of aromatic carboxylic acids is 1. The highest BCUT2D eigenvalue weighted by Gasteiger charge is 2.49. The Morgan fingerprint density at radius 1 is 1.29 bits per heavy atom. The molecule has 0 saturated heterocycles. The minimum absolute atomic E-state index is 0.0632. The zero-order valence-corrected chi connectivity index (χ0v) is 12.0. The van der Waals surface area contributed by atoms with Gasteiger partial charge in [-0.25, -0.2) is 4.79 Å². The van der Waals surface area contributed by atoms with Gasteiger partial charge in [0.05, 0.1) is 11.5 Å². The van der Waals surface area contributed by atoms with Crippen LogP contribution < -0.4 is 11.1 Å². The first-order valence-corrected chi connectivity index (χ1v) is 7.38. The predicted octanol–water partition coefficient (Wildman–Crippen LogP) is 2.01. The average Bonchev–Trinajstić information content (AvgIpc) is 3.01. The second-order valence-electron chi connectivity index (χ2n) is 6.21. The summed E-state index contributed by atoms with van der Waals surface area (Å²) in [6.45, 7) is 1.71. The first-order valence-electron chi connectivity index (χ1n) is 7.38. The Hall–Kier alpha value is -1.88. The number of hydrogen-bond acceptors (Lipinski definition) is 3. The molecule has 2 saturated carbocycles. The van der Waals surface area contributed by atoms with Crippen LogP contribution in [0.25, 0.3) is 0 Å². The fourth-order valence-corrected chi connectivity index (χ4v) is 3.94. The molecule has 0 heterocycles. The third kappa shape index (κ3) is 2.31. The van der Waals surface area contributed by atoms with Crippen LogP contribution in [0, 0.1) is 24.7 Å². The molecule has 2 aliphatic carbocycles. The van der Waals surface area contributed by atoms with Crippen molar-refractivity contribution in [3.05, 3.63) is 29.3 Å². The van der Waals surface area contributed by atoms with Crippen LogP contribution in [0.3, 0.4) is 0 Å². The van der Waals surface area contributed by atoms with Crippen molar-refractivity contribution in [3.63, 3.8) is 0 Å². The number of fused-ring (bicyclic) bond motifs is 2. The molecule has 4 N–H and O–H groups in total. The molecule has 112 valence electrons. The van der Waals surface area contributed by atoms with Gasteiger partial charge in [-0.3, -0.25) is 4.79 Å². The monoisotopic (exact) mass is 288 g/mol. The SMILES string of the molecule is Cc1c(NC(=O)C2C3CCC(C3)C2N)cccc1C(=O)O. The van der Waals surface area contributed by atoms with Gasteiger partial charge in [0.25, 0.3) is 0 Å². The van der Waals surface area contributed by atoms with Crippen LogP contribution in [-0.2, 0) is 4.79 Å². The number of carboxylic acid groups (broad SMARTS) is 1. The quantitative estimate of drug-likeness (QED) is 0.793. The molecule has 5 heteroatoms. The second kappa shape index (κ2) is 5.15. The molecule has 4 unspecified atom stereocenters. The molecule has 0 spiro atoms. The third-order valence-corrected chi connectivity index (χ3v) is 5.11. The molecule has 2 bridgehead atoms. The highest BCUT2D eigenvalue weighted by Crippen LogP contribution is 2.48. The third-order valence-electron chi connectivity index (χ3n) is 5.11. The number of amides is 1. The molecule has 1 aromatic carbocycles. The van der Waals surface area contributed by atoms with E-state index in [-0.39, 0.29) is 23.4 Å². The van der Waals surface area contributed by atoms with Crippen LogP contribution in [0.4, 0.5) is 5.69 Å². The van der Waals surface area contributed by atoms with E-state index in [1.54, 1.807) is 19.1 Å². The summed E-state index contributed by atoms with van der Waals surface area (Å²) in [6, 6.07) is 4.86. The summed E-state index contributed by atoms with van der Waals surface area (Å²) in [5.41, 5.74) is 7.54. The molecular formula is C16H20N2O3. The van der Waals surface area contributed by atoms with Gasteiger partial charge in [0.15, 0.2) is 0 Å². The lowest BCUT2D eigenvalue weighted by molar-refractivity contribution is -0.121. The summed E-state index contributed by atoms with van der Waals surface area (Å²) in [5, 5.41) is 12.0. The number of rotatable bonds is 3. The van der Waals surface area contributed by atoms with Crippen molar-refractivity contribution in [1.82, 2.24) is 0 Å². The number of nitrogens with one attached hydrogen (secondary N) is 1. The Morgan fingerprint density at radius 3 is 2.62 bits per heavy atom. The number of hydrogen-bond donors (Lipinski definition) is 3. The Morgan fingerprint density at radius 2 is 2.00 bits per heavy atom. The minimum Gasteiger partial charge on any atom is -0.478 e. The maximum absolute atomic E-state index is 12.5. The minimum atomic E-state index is -0.986. The van der Waals surface area contributed by atoms with E-state index in [4.69, 9.17) is 10.8 Å². The molecule has 5 nitrogen and oxygen atoms in total. The largest absolute Gasteiger partial charge is 0.478 e. The van der Waals surface area contributed by atoms with E-state index < -0.39 is 5.97 Å². The molecule has 21 heavy (non-hydrogen) atoms. The Balaban J connectivity index is 1.80. The van der Waals surface area contributed by atoms with Crippen molar-refractivity contribution in [1.29, 1.82) is 0 Å². The molecule has 4 atom stereocenters. The maximum atomic E-state index is 12.5. The molecule has 1 aromatic rings. The van der Waals surface area contributed by atoms with Crippen LogP contribution in [0.2, 0.25) is 0 Å². The summed E-state index contributed by atoms with van der Waals surface area (Å²) in [5.74, 6) is -0.345. The lowest BCUT2D eigenvalue weighted by Gasteiger charge is -2.27. The van der Waals surface area contributed by atoms with Gasteiger partial charge >= 0.3 is 5.97 Å². The van der Waals surface area contributed by atoms with Crippen LogP contribution >= 0.6 is 0 Å². The lowest BCUT2D eigenvalue weighted by atomic mass is 9.84. The number of benzene rings is 1. The Kier molecular flexibility index (Phi) is 3.45. The van der Waals surface area contributed by atoms with Gasteiger partial charge in [-0.2, -0.15) is 0 Å². The highest BCUT2D eigenvalue weighted by molar-refractivity contribution is 5.97. The normalized spacial score (nSPS) is 30.4. The number of carbonyl (C=O) groups is 2. The van der Waals surface area contributed by atoms with Gasteiger partial charge in [0.2, 0.25) is 5.91 Å². The van der Waals surface area contributed by atoms with E-state index in [1.165, 1.54) is 6.07 Å². The molecule has 0 aromatic heterocycles. The van der Waals surface area contributed by atoms with E-state index >= 15 is 0 Å². The maximum Gasteiger partial charge on any atom is 0.336 e. The Labute approximate surface area is 123 Å². The smallest absolute Gasteiger partial charge is 0.336 e. The zero-order valence-electron chi connectivity index (χ0n) is 12.0. The van der Waals surface area contributed by atoms with Crippen molar-refractivity contribution < 1.29 is 14.7 Å². The highest BCUT2D eigenvalue weighted by atomic mass is 16.4. The summed E-state index contributed by atoms with van der Waals surface area (Å²) in [4.78, 5) is 23.6. The van der Waals surface area contributed by atoms with Gasteiger partial charge in [0.1, 0.15) is 0 Å². The zero-order chi connectivity index (χ0) is 15.1. The van der Waals surface area contributed by atoms with Crippen LogP contribution in [0.15, 0.2) is 18.2 Å². The number of carboxylic acids is 1. The summed E-state index contributed by atoms with van der Waals surface area (Å²) in [7, 11) is 0.